The minimum absolute atomic E-state index is 0.0393. The van der Waals surface area contributed by atoms with Crippen molar-refractivity contribution in [2.45, 2.75) is 0 Å². The number of amides is 2. The zero-order valence-corrected chi connectivity index (χ0v) is 32.4. The lowest BCUT2D eigenvalue weighted by Gasteiger charge is -2.11. The molecule has 14 heteroatoms. The maximum atomic E-state index is 13.1. The third-order valence-electron chi connectivity index (χ3n) is 9.43. The normalized spacial score (nSPS) is 10.6. The van der Waals surface area contributed by atoms with Crippen LogP contribution in [0.3, 0.4) is 0 Å². The molecule has 0 saturated carbocycles. The van der Waals surface area contributed by atoms with Crippen LogP contribution in [-0.2, 0) is 0 Å². The van der Waals surface area contributed by atoms with E-state index in [1.54, 1.807) is 72.8 Å². The number of nitrogens with one attached hydrogen (secondary N) is 2. The van der Waals surface area contributed by atoms with Crippen LogP contribution >= 0.6 is 0 Å². The lowest BCUT2D eigenvalue weighted by atomic mass is 10.1. The number of aromatic nitrogens is 2. The molecule has 0 aliphatic carbocycles. The summed E-state index contributed by atoms with van der Waals surface area (Å²) in [7, 11) is 0. The predicted molar refractivity (Wildman–Crippen MR) is 233 cm³/mol. The Hall–Kier alpha value is -9.04. The van der Waals surface area contributed by atoms with Crippen LogP contribution in [0.25, 0.3) is 33.9 Å². The second-order valence-electron chi connectivity index (χ2n) is 13.6. The summed E-state index contributed by atoms with van der Waals surface area (Å²) in [5.74, 6) is 1.62. The molecule has 302 valence electrons. The maximum Gasteiger partial charge on any atom is 0.269 e. The number of hydrogen-bond donors (Lipinski definition) is 2. The molecule has 0 spiro atoms. The zero-order chi connectivity index (χ0) is 43.0. The van der Waals surface area contributed by atoms with E-state index in [4.69, 9.17) is 19.4 Å². The second-order valence-corrected chi connectivity index (χ2v) is 13.6. The summed E-state index contributed by atoms with van der Waals surface area (Å²) >= 11 is 0. The number of nitrogens with zero attached hydrogens (tertiary/aromatic N) is 4. The van der Waals surface area contributed by atoms with Gasteiger partial charge in [0.1, 0.15) is 23.0 Å². The molecule has 0 aliphatic heterocycles. The van der Waals surface area contributed by atoms with Crippen molar-refractivity contribution in [3.05, 3.63) is 213 Å². The molecule has 8 rings (SSSR count). The molecular formula is C48H32N6O8. The molecule has 2 amide bonds. The summed E-state index contributed by atoms with van der Waals surface area (Å²) in [6, 6.07) is 50.7. The molecule has 1 aromatic heterocycles. The lowest BCUT2D eigenvalue weighted by molar-refractivity contribution is -0.385. The number of benzene rings is 7. The Balaban J connectivity index is 0.933. The van der Waals surface area contributed by atoms with Gasteiger partial charge in [-0.1, -0.05) is 42.5 Å². The molecule has 1 heterocycles. The van der Waals surface area contributed by atoms with Crippen LogP contribution in [0, 0.1) is 20.2 Å². The van der Waals surface area contributed by atoms with E-state index >= 15 is 0 Å². The minimum Gasteiger partial charge on any atom is -0.457 e. The van der Waals surface area contributed by atoms with E-state index in [0.717, 1.165) is 16.7 Å². The third-order valence-corrected chi connectivity index (χ3v) is 9.43. The van der Waals surface area contributed by atoms with Gasteiger partial charge in [-0.3, -0.25) is 29.8 Å². The number of rotatable bonds is 13. The van der Waals surface area contributed by atoms with Gasteiger partial charge in [0.25, 0.3) is 23.2 Å². The predicted octanol–water partition coefficient (Wildman–Crippen LogP) is 11.4. The smallest absolute Gasteiger partial charge is 0.269 e. The number of ether oxygens (including phenoxy) is 2. The minimum atomic E-state index is -0.483. The molecule has 2 N–H and O–H groups in total. The number of anilines is 2. The summed E-state index contributed by atoms with van der Waals surface area (Å²) in [6.45, 7) is 0. The van der Waals surface area contributed by atoms with Crippen LogP contribution in [0.1, 0.15) is 20.7 Å². The monoisotopic (exact) mass is 820 g/mol. The van der Waals surface area contributed by atoms with Gasteiger partial charge < -0.3 is 20.1 Å². The highest BCUT2D eigenvalue weighted by Crippen LogP contribution is 2.30. The van der Waals surface area contributed by atoms with Gasteiger partial charge in [0, 0.05) is 63.5 Å². The van der Waals surface area contributed by atoms with Crippen LogP contribution in [0.4, 0.5) is 22.7 Å². The van der Waals surface area contributed by atoms with Crippen molar-refractivity contribution in [1.29, 1.82) is 0 Å². The SMILES string of the molecule is O=C(Nc1ccc(-c2cc(-c3ccccc3)nc(-c3ccc(NC(=O)c4ccc(Oc5ccc([N+](=O)[O-])cc5)cc4)cc3)n2)cc1)c1ccc(Oc2ccc([N+](=O)[O-])cc2)cc1. The molecule has 0 unspecified atom stereocenters. The van der Waals surface area contributed by atoms with Gasteiger partial charge in [0.2, 0.25) is 0 Å². The van der Waals surface area contributed by atoms with Crippen LogP contribution in [0.15, 0.2) is 182 Å². The molecule has 0 aliphatic rings. The van der Waals surface area contributed by atoms with E-state index in [2.05, 4.69) is 10.6 Å². The summed E-state index contributed by atoms with van der Waals surface area (Å²) in [5.41, 5.74) is 5.67. The average molecular weight is 821 g/mol. The van der Waals surface area contributed by atoms with E-state index in [1.165, 1.54) is 48.5 Å². The molecule has 0 bridgehead atoms. The van der Waals surface area contributed by atoms with Gasteiger partial charge in [-0.25, -0.2) is 9.97 Å². The maximum absolute atomic E-state index is 13.1. The fourth-order valence-electron chi connectivity index (χ4n) is 6.21. The van der Waals surface area contributed by atoms with Gasteiger partial charge in [-0.05, 0) is 115 Å². The Bertz CT molecular complexity index is 2710. The van der Waals surface area contributed by atoms with Crippen LogP contribution in [-0.4, -0.2) is 31.6 Å². The van der Waals surface area contributed by atoms with E-state index in [1.807, 2.05) is 60.7 Å². The highest BCUT2D eigenvalue weighted by atomic mass is 16.6. The third kappa shape index (κ3) is 9.62. The van der Waals surface area contributed by atoms with Gasteiger partial charge in [0.15, 0.2) is 5.82 Å². The first-order valence-electron chi connectivity index (χ1n) is 19.0. The molecule has 8 aromatic rings. The van der Waals surface area contributed by atoms with Gasteiger partial charge in [-0.15, -0.1) is 0 Å². The number of carbonyl (C=O) groups excluding carboxylic acids is 2. The van der Waals surface area contributed by atoms with Crippen molar-refractivity contribution in [3.63, 3.8) is 0 Å². The van der Waals surface area contributed by atoms with Gasteiger partial charge >= 0.3 is 0 Å². The van der Waals surface area contributed by atoms with E-state index in [9.17, 15) is 29.8 Å². The summed E-state index contributed by atoms with van der Waals surface area (Å²) < 4.78 is 11.5. The highest BCUT2D eigenvalue weighted by Gasteiger charge is 2.14. The number of carbonyl (C=O) groups is 2. The topological polar surface area (TPSA) is 189 Å². The van der Waals surface area contributed by atoms with Crippen molar-refractivity contribution in [1.82, 2.24) is 9.97 Å². The molecule has 0 atom stereocenters. The largest absolute Gasteiger partial charge is 0.457 e. The van der Waals surface area contributed by atoms with Crippen LogP contribution < -0.4 is 20.1 Å². The quantitative estimate of drug-likeness (QED) is 0.0836. The molecule has 0 radical (unpaired) electrons. The second kappa shape index (κ2) is 17.8. The van der Waals surface area contributed by atoms with Gasteiger partial charge in [-0.2, -0.15) is 0 Å². The highest BCUT2D eigenvalue weighted by molar-refractivity contribution is 6.05. The number of hydrogen-bond acceptors (Lipinski definition) is 10. The number of nitro benzene ring substituents is 2. The van der Waals surface area contributed by atoms with E-state index in [-0.39, 0.29) is 23.2 Å². The van der Waals surface area contributed by atoms with Crippen LogP contribution in [0.2, 0.25) is 0 Å². The fraction of sp³-hybridized carbons (Fsp3) is 0. The summed E-state index contributed by atoms with van der Waals surface area (Å²) in [4.78, 5) is 56.9. The lowest BCUT2D eigenvalue weighted by Crippen LogP contribution is -2.11. The molecule has 14 nitrogen and oxygen atoms in total. The van der Waals surface area contributed by atoms with E-state index in [0.29, 0.717) is 62.7 Å². The zero-order valence-electron chi connectivity index (χ0n) is 32.4. The molecule has 0 fully saturated rings. The first-order chi connectivity index (χ1) is 30.1. The number of nitro groups is 2. The first-order valence-corrected chi connectivity index (χ1v) is 19.0. The molecular weight excluding hydrogens is 789 g/mol. The van der Waals surface area contributed by atoms with Crippen molar-refractivity contribution in [3.8, 4) is 56.9 Å². The van der Waals surface area contributed by atoms with E-state index < -0.39 is 9.85 Å². The average Bonchev–Trinajstić information content (AvgIpc) is 3.30. The van der Waals surface area contributed by atoms with Crippen LogP contribution in [0.5, 0.6) is 23.0 Å². The summed E-state index contributed by atoms with van der Waals surface area (Å²) in [5, 5.41) is 27.7. The van der Waals surface area contributed by atoms with Crippen molar-refractivity contribution < 1.29 is 28.9 Å². The van der Waals surface area contributed by atoms with Crippen molar-refractivity contribution in [2.75, 3.05) is 10.6 Å². The Kier molecular flexibility index (Phi) is 11.4. The standard InChI is InChI=1S/C48H32N6O8/c55-47(34-10-22-40(23-11-34)61-42-26-18-38(19-27-42)53(57)58)49-36-14-6-32(7-15-36)45-30-44(31-4-2-1-3-5-31)51-46(52-45)33-8-16-37(17-9-33)50-48(56)35-12-24-41(25-13-35)62-43-28-20-39(21-29-43)54(59)60/h1-30H,(H,49,55)(H,50,56). The molecule has 0 saturated heterocycles. The first kappa shape index (κ1) is 39.8. The Morgan fingerprint density at radius 1 is 0.435 bits per heavy atom. The Morgan fingerprint density at radius 2 is 0.790 bits per heavy atom. The Labute approximate surface area is 353 Å². The van der Waals surface area contributed by atoms with Gasteiger partial charge in [0.05, 0.1) is 21.2 Å². The van der Waals surface area contributed by atoms with Crippen molar-refractivity contribution in [2.24, 2.45) is 0 Å². The molecule has 7 aromatic carbocycles. The Morgan fingerprint density at radius 3 is 1.18 bits per heavy atom. The fourth-order valence-corrected chi connectivity index (χ4v) is 6.21. The molecule has 62 heavy (non-hydrogen) atoms. The number of non-ortho nitro benzene ring substituents is 2. The summed E-state index contributed by atoms with van der Waals surface area (Å²) in [6.07, 6.45) is 0. The van der Waals surface area contributed by atoms with Crippen molar-refractivity contribution >= 4 is 34.6 Å².